The molecule has 0 saturated carbocycles. The monoisotopic (exact) mass is 532 g/mol. The Bertz CT molecular complexity index is 1340. The van der Waals surface area contributed by atoms with Gasteiger partial charge in [0.15, 0.2) is 10.9 Å². The molecule has 0 atom stereocenters. The lowest BCUT2D eigenvalue weighted by atomic mass is 10.1. The highest BCUT2D eigenvalue weighted by molar-refractivity contribution is 8.27. The molecule has 2 amide bonds. The number of ether oxygens (including phenoxy) is 1. The van der Waals surface area contributed by atoms with E-state index in [1.807, 2.05) is 0 Å². The fraction of sp³-hybridized carbons (Fsp3) is 0.0800. The van der Waals surface area contributed by atoms with E-state index in [1.165, 1.54) is 41.3 Å². The van der Waals surface area contributed by atoms with E-state index in [9.17, 15) is 27.2 Å². The summed E-state index contributed by atoms with van der Waals surface area (Å²) in [6.45, 7) is -0.498. The summed E-state index contributed by atoms with van der Waals surface area (Å²) in [6.07, 6.45) is -2.97. The third-order valence-electron chi connectivity index (χ3n) is 4.93. The molecule has 0 unspecified atom stereocenters. The summed E-state index contributed by atoms with van der Waals surface area (Å²) in [5.74, 6) is -1.20. The van der Waals surface area contributed by atoms with Gasteiger partial charge in [-0.2, -0.15) is 13.2 Å². The maximum absolute atomic E-state index is 13.2. The highest BCUT2D eigenvalue weighted by Crippen LogP contribution is 2.36. The minimum Gasteiger partial charge on any atom is -0.484 e. The number of hydrogen-bond acceptors (Lipinski definition) is 5. The maximum Gasteiger partial charge on any atom is 0.418 e. The molecule has 11 heteroatoms. The normalized spacial score (nSPS) is 14.9. The lowest BCUT2D eigenvalue weighted by Gasteiger charge is -2.14. The number of thioether (sulfide) groups is 1. The van der Waals surface area contributed by atoms with E-state index in [0.717, 1.165) is 23.9 Å². The van der Waals surface area contributed by atoms with E-state index >= 15 is 0 Å². The summed E-state index contributed by atoms with van der Waals surface area (Å²) in [7, 11) is 0. The molecule has 0 bridgehead atoms. The van der Waals surface area contributed by atoms with E-state index < -0.39 is 30.1 Å². The van der Waals surface area contributed by atoms with Gasteiger partial charge in [0.1, 0.15) is 11.6 Å². The number of amides is 2. The van der Waals surface area contributed by atoms with Crippen LogP contribution in [0.3, 0.4) is 0 Å². The number of alkyl halides is 3. The van der Waals surface area contributed by atoms with Gasteiger partial charge < -0.3 is 10.1 Å². The molecule has 4 rings (SSSR count). The van der Waals surface area contributed by atoms with Crippen LogP contribution in [0.2, 0.25) is 0 Å². The third kappa shape index (κ3) is 5.92. The van der Waals surface area contributed by atoms with Crippen LogP contribution in [0.5, 0.6) is 5.75 Å². The van der Waals surface area contributed by atoms with Gasteiger partial charge in [-0.15, -0.1) is 0 Å². The number of benzene rings is 3. The van der Waals surface area contributed by atoms with Crippen LogP contribution in [-0.4, -0.2) is 22.7 Å². The van der Waals surface area contributed by atoms with Crippen molar-refractivity contribution in [3.05, 3.63) is 94.6 Å². The zero-order valence-corrected chi connectivity index (χ0v) is 19.8. The molecule has 3 aromatic carbocycles. The Hall–Kier alpha value is -3.70. The minimum atomic E-state index is -4.60. The largest absolute Gasteiger partial charge is 0.484 e. The Morgan fingerprint density at radius 3 is 2.36 bits per heavy atom. The van der Waals surface area contributed by atoms with E-state index in [1.54, 1.807) is 30.3 Å². The Morgan fingerprint density at radius 2 is 1.69 bits per heavy atom. The van der Waals surface area contributed by atoms with Crippen molar-refractivity contribution in [2.24, 2.45) is 0 Å². The summed E-state index contributed by atoms with van der Waals surface area (Å²) < 4.78 is 58.1. The molecule has 1 aliphatic heterocycles. The average molecular weight is 533 g/mol. The highest BCUT2D eigenvalue weighted by atomic mass is 32.2. The molecule has 0 radical (unpaired) electrons. The summed E-state index contributed by atoms with van der Waals surface area (Å²) in [4.78, 5) is 26.6. The van der Waals surface area contributed by atoms with Gasteiger partial charge in [-0.05, 0) is 60.2 Å². The molecule has 5 nitrogen and oxygen atoms in total. The number of nitrogens with one attached hydrogen (secondary N) is 1. The first-order valence-electron chi connectivity index (χ1n) is 10.3. The molecule has 3 aromatic rings. The first kappa shape index (κ1) is 25.4. The van der Waals surface area contributed by atoms with Gasteiger partial charge in [0.2, 0.25) is 0 Å². The quantitative estimate of drug-likeness (QED) is 0.231. The van der Waals surface area contributed by atoms with Gasteiger partial charge in [-0.25, -0.2) is 4.39 Å². The Kier molecular flexibility index (Phi) is 7.41. The predicted molar refractivity (Wildman–Crippen MR) is 134 cm³/mol. The molecule has 1 N–H and O–H groups in total. The Morgan fingerprint density at radius 1 is 1.03 bits per heavy atom. The van der Waals surface area contributed by atoms with Crippen molar-refractivity contribution in [2.75, 3.05) is 16.8 Å². The van der Waals surface area contributed by atoms with Crippen LogP contribution < -0.4 is 15.0 Å². The van der Waals surface area contributed by atoms with Crippen molar-refractivity contribution in [1.82, 2.24) is 0 Å². The molecule has 0 spiro atoms. The molecule has 1 saturated heterocycles. The topological polar surface area (TPSA) is 58.6 Å². The van der Waals surface area contributed by atoms with Crippen molar-refractivity contribution >= 4 is 57.6 Å². The van der Waals surface area contributed by atoms with Crippen LogP contribution in [0.15, 0.2) is 77.7 Å². The molecule has 0 aliphatic carbocycles. The van der Waals surface area contributed by atoms with E-state index in [-0.39, 0.29) is 11.6 Å². The molecule has 1 heterocycles. The fourth-order valence-corrected chi connectivity index (χ4v) is 4.57. The van der Waals surface area contributed by atoms with Crippen molar-refractivity contribution in [2.45, 2.75) is 6.18 Å². The third-order valence-corrected chi connectivity index (χ3v) is 6.24. The van der Waals surface area contributed by atoms with Crippen molar-refractivity contribution in [3.63, 3.8) is 0 Å². The highest BCUT2D eigenvalue weighted by Gasteiger charge is 2.34. The standard InChI is InChI=1S/C25H16F4N2O3S2/c26-16-7-9-17(10-8-16)31-23(33)21(36-24(31)35)13-15-5-11-18(12-6-15)34-14-22(32)30-20-4-2-1-3-19(20)25(27,28)29/h1-13H,14H2,(H,30,32)/b21-13-. The minimum absolute atomic E-state index is 0.310. The molecule has 0 aromatic heterocycles. The summed E-state index contributed by atoms with van der Waals surface area (Å²) in [5.41, 5.74) is -0.188. The van der Waals surface area contributed by atoms with E-state index in [0.29, 0.717) is 26.2 Å². The van der Waals surface area contributed by atoms with Gasteiger partial charge in [0, 0.05) is 0 Å². The smallest absolute Gasteiger partial charge is 0.418 e. The number of nitrogens with zero attached hydrogens (tertiary/aromatic N) is 1. The molecular weight excluding hydrogens is 516 g/mol. The van der Waals surface area contributed by atoms with Crippen molar-refractivity contribution in [3.8, 4) is 5.75 Å². The fourth-order valence-electron chi connectivity index (χ4n) is 3.27. The van der Waals surface area contributed by atoms with Gasteiger partial charge in [-0.3, -0.25) is 14.5 Å². The van der Waals surface area contributed by atoms with Crippen LogP contribution in [0.25, 0.3) is 6.08 Å². The SMILES string of the molecule is O=C(COc1ccc(/C=C2\SC(=S)N(c3ccc(F)cc3)C2=O)cc1)Nc1ccccc1C(F)(F)F. The summed E-state index contributed by atoms with van der Waals surface area (Å²) in [6, 6.07) is 16.5. The first-order valence-corrected chi connectivity index (χ1v) is 11.6. The van der Waals surface area contributed by atoms with Gasteiger partial charge in [0.25, 0.3) is 11.8 Å². The summed E-state index contributed by atoms with van der Waals surface area (Å²) in [5, 5.41) is 2.21. The number of halogens is 4. The number of para-hydroxylation sites is 1. The van der Waals surface area contributed by atoms with Crippen LogP contribution in [0.4, 0.5) is 28.9 Å². The molecule has 1 aliphatic rings. The Labute approximate surface area is 212 Å². The van der Waals surface area contributed by atoms with E-state index in [2.05, 4.69) is 5.32 Å². The molecule has 36 heavy (non-hydrogen) atoms. The zero-order chi connectivity index (χ0) is 25.9. The van der Waals surface area contributed by atoms with Gasteiger partial charge in [0.05, 0.1) is 21.8 Å². The van der Waals surface area contributed by atoms with Gasteiger partial charge >= 0.3 is 6.18 Å². The van der Waals surface area contributed by atoms with Crippen LogP contribution in [-0.2, 0) is 15.8 Å². The number of carbonyl (C=O) groups is 2. The number of hydrogen-bond donors (Lipinski definition) is 1. The van der Waals surface area contributed by atoms with Crippen molar-refractivity contribution in [1.29, 1.82) is 0 Å². The summed E-state index contributed by atoms with van der Waals surface area (Å²) >= 11 is 6.40. The number of rotatable bonds is 6. The maximum atomic E-state index is 13.2. The number of thiocarbonyl (C=S) groups is 1. The molecular formula is C25H16F4N2O3S2. The Balaban J connectivity index is 1.37. The average Bonchev–Trinajstić information content (AvgIpc) is 3.11. The second kappa shape index (κ2) is 10.5. The van der Waals surface area contributed by atoms with Crippen LogP contribution in [0, 0.1) is 5.82 Å². The van der Waals surface area contributed by atoms with Crippen LogP contribution >= 0.6 is 24.0 Å². The predicted octanol–water partition coefficient (Wildman–Crippen LogP) is 6.27. The van der Waals surface area contributed by atoms with E-state index in [4.69, 9.17) is 17.0 Å². The van der Waals surface area contributed by atoms with Crippen LogP contribution in [0.1, 0.15) is 11.1 Å². The lowest BCUT2D eigenvalue weighted by Crippen LogP contribution is -2.27. The second-order valence-electron chi connectivity index (χ2n) is 7.44. The first-order chi connectivity index (χ1) is 17.1. The van der Waals surface area contributed by atoms with Crippen molar-refractivity contribution < 1.29 is 31.9 Å². The zero-order valence-electron chi connectivity index (χ0n) is 18.2. The lowest BCUT2D eigenvalue weighted by molar-refractivity contribution is -0.137. The molecule has 1 fully saturated rings. The van der Waals surface area contributed by atoms with Gasteiger partial charge in [-0.1, -0.05) is 48.2 Å². The molecule has 184 valence electrons. The number of carbonyl (C=O) groups excluding carboxylic acids is 2. The second-order valence-corrected chi connectivity index (χ2v) is 9.12. The number of anilines is 2.